The molecule has 0 aromatic carbocycles. The van der Waals surface area contributed by atoms with E-state index in [0.29, 0.717) is 12.0 Å². The van der Waals surface area contributed by atoms with E-state index in [0.717, 1.165) is 4.90 Å². The number of amides is 2. The van der Waals surface area contributed by atoms with Crippen LogP contribution in [-0.4, -0.2) is 63.3 Å². The van der Waals surface area contributed by atoms with Gasteiger partial charge in [0.2, 0.25) is 5.78 Å². The van der Waals surface area contributed by atoms with Crippen molar-refractivity contribution in [2.75, 3.05) is 12.4 Å². The van der Waals surface area contributed by atoms with E-state index in [2.05, 4.69) is 5.32 Å². The summed E-state index contributed by atoms with van der Waals surface area (Å²) in [5.41, 5.74) is 0.0736. The average Bonchev–Trinajstić information content (AvgIpc) is 2.56. The zero-order chi connectivity index (χ0) is 18.7. The van der Waals surface area contributed by atoms with Gasteiger partial charge in [0.15, 0.2) is 0 Å². The third-order valence-electron chi connectivity index (χ3n) is 3.72. The molecule has 9 nitrogen and oxygen atoms in total. The molecule has 2 aliphatic rings. The van der Waals surface area contributed by atoms with Gasteiger partial charge < -0.3 is 15.2 Å². The number of nitrogens with one attached hydrogen (secondary N) is 1. The number of fused-ring (bicyclic) bond motifs is 1. The number of ketones is 1. The van der Waals surface area contributed by atoms with Crippen LogP contribution < -0.4 is 5.32 Å². The molecule has 0 bridgehead atoms. The van der Waals surface area contributed by atoms with Crippen LogP contribution in [0.2, 0.25) is 0 Å². The van der Waals surface area contributed by atoms with E-state index in [1.54, 1.807) is 6.92 Å². The number of Topliss-reactive ketones (excluding diaryl/α,β-unsaturated/α-hetero) is 1. The maximum Gasteiger partial charge on any atom is 0.352 e. The van der Waals surface area contributed by atoms with E-state index >= 15 is 0 Å². The van der Waals surface area contributed by atoms with Crippen molar-refractivity contribution in [1.29, 1.82) is 0 Å². The second-order valence-corrected chi connectivity index (χ2v) is 6.68. The van der Waals surface area contributed by atoms with Crippen molar-refractivity contribution in [3.8, 4) is 0 Å². The standard InChI is InChI=1S/C15H18N2O7S/c1-3-4-9(19)12(20)16-10-13(21)17-11(15(22)23)8(5-24-7(2)18)6-25-14(10)17/h10,14H,3-6H2,1-2H3,(H,16,20)(H,22,23)/t10-,14+/m1/s1. The molecule has 25 heavy (non-hydrogen) atoms. The first-order chi connectivity index (χ1) is 11.8. The molecule has 2 N–H and O–H groups in total. The van der Waals surface area contributed by atoms with Crippen LogP contribution in [0.25, 0.3) is 0 Å². The molecule has 2 aliphatic heterocycles. The van der Waals surface area contributed by atoms with Crippen molar-refractivity contribution in [1.82, 2.24) is 10.2 Å². The summed E-state index contributed by atoms with van der Waals surface area (Å²) in [5, 5.41) is 11.2. The molecule has 0 aliphatic carbocycles. The first kappa shape index (κ1) is 19.0. The van der Waals surface area contributed by atoms with Crippen molar-refractivity contribution >= 4 is 41.3 Å². The molecular weight excluding hydrogens is 352 g/mol. The number of hydrogen-bond donors (Lipinski definition) is 2. The van der Waals surface area contributed by atoms with E-state index in [4.69, 9.17) is 4.74 Å². The molecule has 0 unspecified atom stereocenters. The Morgan fingerprint density at radius 1 is 1.36 bits per heavy atom. The molecule has 0 aromatic heterocycles. The van der Waals surface area contributed by atoms with E-state index in [1.165, 1.54) is 18.7 Å². The molecule has 1 fully saturated rings. The number of thioether (sulfide) groups is 1. The minimum atomic E-state index is -1.31. The molecule has 2 rings (SSSR count). The smallest absolute Gasteiger partial charge is 0.352 e. The summed E-state index contributed by atoms with van der Waals surface area (Å²) in [4.78, 5) is 59.1. The minimum absolute atomic E-state index is 0.0844. The normalized spacial score (nSPS) is 22.0. The zero-order valence-electron chi connectivity index (χ0n) is 13.7. The fourth-order valence-electron chi connectivity index (χ4n) is 2.55. The number of carboxylic acid groups (broad SMARTS) is 1. The summed E-state index contributed by atoms with van der Waals surface area (Å²) in [7, 11) is 0. The molecule has 1 saturated heterocycles. The lowest BCUT2D eigenvalue weighted by molar-refractivity contribution is -0.152. The van der Waals surface area contributed by atoms with Crippen LogP contribution in [0.5, 0.6) is 0 Å². The van der Waals surface area contributed by atoms with Crippen molar-refractivity contribution in [3.63, 3.8) is 0 Å². The van der Waals surface area contributed by atoms with Gasteiger partial charge in [-0.2, -0.15) is 0 Å². The number of rotatable bonds is 7. The Labute approximate surface area is 147 Å². The van der Waals surface area contributed by atoms with Crippen LogP contribution in [0.4, 0.5) is 0 Å². The zero-order valence-corrected chi connectivity index (χ0v) is 14.6. The van der Waals surface area contributed by atoms with Gasteiger partial charge in [0.25, 0.3) is 11.8 Å². The number of β-lactam (4-membered cyclic amide) rings is 1. The summed E-state index contributed by atoms with van der Waals surface area (Å²) < 4.78 is 4.83. The molecule has 0 spiro atoms. The van der Waals surface area contributed by atoms with E-state index in [-0.39, 0.29) is 24.5 Å². The van der Waals surface area contributed by atoms with Crippen LogP contribution in [0.1, 0.15) is 26.7 Å². The van der Waals surface area contributed by atoms with Gasteiger partial charge in [0.1, 0.15) is 23.7 Å². The quantitative estimate of drug-likeness (QED) is 0.354. The highest BCUT2D eigenvalue weighted by Crippen LogP contribution is 2.40. The Kier molecular flexibility index (Phi) is 5.83. The van der Waals surface area contributed by atoms with Crippen LogP contribution in [0, 0.1) is 0 Å². The first-order valence-corrected chi connectivity index (χ1v) is 8.69. The molecular formula is C15H18N2O7S. The average molecular weight is 370 g/mol. The Bertz CT molecular complexity index is 673. The Hall–Kier alpha value is -2.36. The lowest BCUT2D eigenvalue weighted by Crippen LogP contribution is -2.71. The number of carbonyl (C=O) groups is 5. The lowest BCUT2D eigenvalue weighted by Gasteiger charge is -2.49. The topological polar surface area (TPSA) is 130 Å². The highest BCUT2D eigenvalue weighted by Gasteiger charge is 2.54. The molecule has 0 aromatic rings. The van der Waals surface area contributed by atoms with Gasteiger partial charge in [-0.25, -0.2) is 4.79 Å². The minimum Gasteiger partial charge on any atom is -0.477 e. The number of hydrogen-bond acceptors (Lipinski definition) is 7. The number of nitrogens with zero attached hydrogens (tertiary/aromatic N) is 1. The molecule has 0 radical (unpaired) electrons. The monoisotopic (exact) mass is 370 g/mol. The molecule has 2 atom stereocenters. The Morgan fingerprint density at radius 3 is 2.60 bits per heavy atom. The van der Waals surface area contributed by atoms with Gasteiger partial charge in [-0.15, -0.1) is 11.8 Å². The van der Waals surface area contributed by atoms with Crippen molar-refractivity contribution in [2.45, 2.75) is 38.1 Å². The number of carbonyl (C=O) groups excluding carboxylic acids is 4. The third-order valence-corrected chi connectivity index (χ3v) is 5.06. The van der Waals surface area contributed by atoms with E-state index in [1.807, 2.05) is 0 Å². The summed E-state index contributed by atoms with van der Waals surface area (Å²) in [5.74, 6) is -3.69. The second-order valence-electron chi connectivity index (χ2n) is 5.57. The Balaban J connectivity index is 2.13. The molecule has 10 heteroatoms. The molecule has 0 saturated carbocycles. The summed E-state index contributed by atoms with van der Waals surface area (Å²) in [6, 6.07) is -0.942. The van der Waals surface area contributed by atoms with Crippen LogP contribution in [0.3, 0.4) is 0 Å². The van der Waals surface area contributed by atoms with Gasteiger partial charge in [0, 0.05) is 24.7 Å². The van der Waals surface area contributed by atoms with Crippen molar-refractivity contribution in [3.05, 3.63) is 11.3 Å². The maximum atomic E-state index is 12.3. The summed E-state index contributed by atoms with van der Waals surface area (Å²) >= 11 is 1.24. The van der Waals surface area contributed by atoms with Gasteiger partial charge in [0.05, 0.1) is 0 Å². The largest absolute Gasteiger partial charge is 0.477 e. The van der Waals surface area contributed by atoms with Crippen molar-refractivity contribution in [2.24, 2.45) is 0 Å². The molecule has 2 heterocycles. The maximum absolute atomic E-state index is 12.3. The van der Waals surface area contributed by atoms with E-state index < -0.39 is 41.0 Å². The van der Waals surface area contributed by atoms with Crippen LogP contribution in [-0.2, 0) is 28.7 Å². The lowest BCUT2D eigenvalue weighted by atomic mass is 10.0. The van der Waals surface area contributed by atoms with Crippen LogP contribution >= 0.6 is 11.8 Å². The van der Waals surface area contributed by atoms with E-state index in [9.17, 15) is 29.1 Å². The van der Waals surface area contributed by atoms with Gasteiger partial charge in [-0.05, 0) is 6.42 Å². The predicted molar refractivity (Wildman–Crippen MR) is 86.2 cm³/mol. The first-order valence-electron chi connectivity index (χ1n) is 7.65. The second kappa shape index (κ2) is 7.68. The summed E-state index contributed by atoms with van der Waals surface area (Å²) in [6.07, 6.45) is 0.599. The van der Waals surface area contributed by atoms with Gasteiger partial charge >= 0.3 is 11.9 Å². The van der Waals surface area contributed by atoms with Crippen molar-refractivity contribution < 1.29 is 33.8 Å². The van der Waals surface area contributed by atoms with Gasteiger partial charge in [-0.1, -0.05) is 6.92 Å². The SMILES string of the molecule is CCCC(=O)C(=O)N[C@@H]1C(=O)N2C(C(=O)O)=C(COC(C)=O)CS[C@@H]12. The third kappa shape index (κ3) is 3.84. The molecule has 136 valence electrons. The summed E-state index contributed by atoms with van der Waals surface area (Å²) in [6.45, 7) is 2.74. The van der Waals surface area contributed by atoms with Gasteiger partial charge in [-0.3, -0.25) is 24.1 Å². The fraction of sp³-hybridized carbons (Fsp3) is 0.533. The highest BCUT2D eigenvalue weighted by molar-refractivity contribution is 8.00. The number of esters is 1. The van der Waals surface area contributed by atoms with Crippen LogP contribution in [0.15, 0.2) is 11.3 Å². The predicted octanol–water partition coefficient (Wildman–Crippen LogP) is -0.343. The number of carboxylic acids is 1. The number of ether oxygens (including phenoxy) is 1. The number of aliphatic carboxylic acids is 1. The Morgan fingerprint density at radius 2 is 2.04 bits per heavy atom. The highest BCUT2D eigenvalue weighted by atomic mass is 32.2. The molecule has 2 amide bonds. The fourth-order valence-corrected chi connectivity index (χ4v) is 3.87.